The average Bonchev–Trinajstić information content (AvgIpc) is 2.30. The van der Waals surface area contributed by atoms with Gasteiger partial charge in [-0.25, -0.2) is 0 Å². The molecule has 1 rings (SSSR count). The fourth-order valence-corrected chi connectivity index (χ4v) is 1.53. The Balaban J connectivity index is 2.83. The van der Waals surface area contributed by atoms with Gasteiger partial charge in [-0.15, -0.1) is 0 Å². The van der Waals surface area contributed by atoms with Crippen LogP contribution in [0.15, 0.2) is 18.2 Å². The van der Waals surface area contributed by atoms with Gasteiger partial charge in [-0.2, -0.15) is 5.26 Å². The van der Waals surface area contributed by atoms with E-state index in [-0.39, 0.29) is 16.7 Å². The van der Waals surface area contributed by atoms with Crippen molar-refractivity contribution in [3.63, 3.8) is 0 Å². The molecule has 1 aromatic carbocycles. The summed E-state index contributed by atoms with van der Waals surface area (Å²) in [6, 6.07) is 6.74. The van der Waals surface area contributed by atoms with E-state index in [2.05, 4.69) is 21.2 Å². The van der Waals surface area contributed by atoms with E-state index in [0.29, 0.717) is 16.3 Å². The highest BCUT2D eigenvalue weighted by atomic mass is 79.9. The van der Waals surface area contributed by atoms with Gasteiger partial charge in [0.05, 0.1) is 27.2 Å². The number of hydrogen-bond donors (Lipinski definition) is 1. The Hall–Kier alpha value is -1.05. The van der Waals surface area contributed by atoms with Crippen LogP contribution in [0, 0.1) is 17.2 Å². The lowest BCUT2D eigenvalue weighted by Crippen LogP contribution is -2.27. The van der Waals surface area contributed by atoms with Gasteiger partial charge in [-0.05, 0) is 24.1 Å². The number of benzene rings is 1. The largest absolute Gasteiger partial charge is 0.324 e. The maximum atomic E-state index is 11.8. The summed E-state index contributed by atoms with van der Waals surface area (Å²) in [6.45, 7) is 3.89. The lowest BCUT2D eigenvalue weighted by Gasteiger charge is -2.14. The standard InChI is InChI=1S/C12H12BrClN2O/c1-7(2)11(13)12(17)16-10-4-3-8(6-15)5-9(10)14/h3-5,7,11H,1-2H3,(H,16,17). The molecule has 0 aliphatic heterocycles. The monoisotopic (exact) mass is 314 g/mol. The summed E-state index contributed by atoms with van der Waals surface area (Å²) in [4.78, 5) is 11.5. The molecule has 1 amide bonds. The van der Waals surface area contributed by atoms with Gasteiger partial charge in [0.15, 0.2) is 0 Å². The first-order chi connectivity index (χ1) is 7.95. The zero-order valence-corrected chi connectivity index (χ0v) is 11.8. The summed E-state index contributed by atoms with van der Waals surface area (Å²) < 4.78 is 0. The maximum absolute atomic E-state index is 11.8. The molecule has 0 aliphatic carbocycles. The maximum Gasteiger partial charge on any atom is 0.238 e. The van der Waals surface area contributed by atoms with Gasteiger partial charge in [0.1, 0.15) is 0 Å². The molecule has 17 heavy (non-hydrogen) atoms. The van der Waals surface area contributed by atoms with Crippen LogP contribution in [0.3, 0.4) is 0 Å². The van der Waals surface area contributed by atoms with Crippen LogP contribution in [0.4, 0.5) is 5.69 Å². The topological polar surface area (TPSA) is 52.9 Å². The molecule has 1 unspecified atom stereocenters. The number of carbonyl (C=O) groups is 1. The number of alkyl halides is 1. The Bertz CT molecular complexity index is 468. The highest BCUT2D eigenvalue weighted by Gasteiger charge is 2.19. The smallest absolute Gasteiger partial charge is 0.238 e. The first-order valence-corrected chi connectivity index (χ1v) is 6.39. The number of nitriles is 1. The van der Waals surface area contributed by atoms with Gasteiger partial charge in [0.2, 0.25) is 5.91 Å². The predicted molar refractivity (Wildman–Crippen MR) is 72.3 cm³/mol. The minimum atomic E-state index is -0.269. The molecule has 1 N–H and O–H groups in total. The van der Waals surface area contributed by atoms with Gasteiger partial charge < -0.3 is 5.32 Å². The van der Waals surface area contributed by atoms with E-state index in [1.54, 1.807) is 12.1 Å². The molecule has 90 valence electrons. The first-order valence-electron chi connectivity index (χ1n) is 5.10. The summed E-state index contributed by atoms with van der Waals surface area (Å²) >= 11 is 9.27. The third kappa shape index (κ3) is 3.72. The lowest BCUT2D eigenvalue weighted by molar-refractivity contribution is -0.116. The zero-order valence-electron chi connectivity index (χ0n) is 9.50. The number of nitrogens with zero attached hydrogens (tertiary/aromatic N) is 1. The van der Waals surface area contributed by atoms with Gasteiger partial charge >= 0.3 is 0 Å². The van der Waals surface area contributed by atoms with Crippen molar-refractivity contribution >= 4 is 39.1 Å². The second-order valence-corrected chi connectivity index (χ2v) is 5.34. The molecule has 0 aliphatic rings. The summed E-state index contributed by atoms with van der Waals surface area (Å²) in [5, 5.41) is 11.8. The molecule has 0 saturated carbocycles. The Labute approximate surface area is 114 Å². The van der Waals surface area contributed by atoms with Crippen molar-refractivity contribution < 1.29 is 4.79 Å². The van der Waals surface area contributed by atoms with Crippen LogP contribution in [0.25, 0.3) is 0 Å². The molecule has 0 radical (unpaired) electrons. The van der Waals surface area contributed by atoms with Gasteiger partial charge in [-0.1, -0.05) is 41.4 Å². The van der Waals surface area contributed by atoms with Crippen molar-refractivity contribution in [2.75, 3.05) is 5.32 Å². The molecular weight excluding hydrogens is 304 g/mol. The number of nitrogens with one attached hydrogen (secondary N) is 1. The van der Waals surface area contributed by atoms with E-state index in [9.17, 15) is 4.79 Å². The Kier molecular flexibility index (Phi) is 4.98. The van der Waals surface area contributed by atoms with Crippen LogP contribution >= 0.6 is 27.5 Å². The van der Waals surface area contributed by atoms with Crippen LogP contribution in [0.1, 0.15) is 19.4 Å². The zero-order chi connectivity index (χ0) is 13.0. The van der Waals surface area contributed by atoms with E-state index in [1.807, 2.05) is 19.9 Å². The molecule has 3 nitrogen and oxygen atoms in total. The molecule has 0 saturated heterocycles. The molecule has 5 heteroatoms. The van der Waals surface area contributed by atoms with Gasteiger partial charge in [0.25, 0.3) is 0 Å². The van der Waals surface area contributed by atoms with Crippen molar-refractivity contribution in [1.29, 1.82) is 5.26 Å². The molecule has 1 atom stereocenters. The van der Waals surface area contributed by atoms with E-state index in [4.69, 9.17) is 16.9 Å². The molecule has 0 bridgehead atoms. The van der Waals surface area contributed by atoms with E-state index < -0.39 is 0 Å². The van der Waals surface area contributed by atoms with Gasteiger partial charge in [-0.3, -0.25) is 4.79 Å². The van der Waals surface area contributed by atoms with Crippen molar-refractivity contribution in [1.82, 2.24) is 0 Å². The second-order valence-electron chi connectivity index (χ2n) is 3.94. The minimum absolute atomic E-state index is 0.147. The molecule has 0 fully saturated rings. The quantitative estimate of drug-likeness (QED) is 0.867. The predicted octanol–water partition coefficient (Wildman–Crippen LogP) is 3.57. The fraction of sp³-hybridized carbons (Fsp3) is 0.333. The molecule has 1 aromatic rings. The van der Waals surface area contributed by atoms with Crippen LogP contribution in [-0.2, 0) is 4.79 Å². The number of halogens is 2. The Morgan fingerprint density at radius 3 is 2.65 bits per heavy atom. The normalized spacial score (nSPS) is 12.0. The SMILES string of the molecule is CC(C)C(Br)C(=O)Nc1ccc(C#N)cc1Cl. The van der Waals surface area contributed by atoms with Crippen molar-refractivity contribution in [3.8, 4) is 6.07 Å². The third-order valence-corrected chi connectivity index (χ3v) is 3.98. The second kappa shape index (κ2) is 6.04. The Morgan fingerprint density at radius 1 is 1.53 bits per heavy atom. The van der Waals surface area contributed by atoms with E-state index in [1.165, 1.54) is 6.07 Å². The third-order valence-electron chi connectivity index (χ3n) is 2.19. The number of hydrogen-bond acceptors (Lipinski definition) is 2. The van der Waals surface area contributed by atoms with E-state index in [0.717, 1.165) is 0 Å². The van der Waals surface area contributed by atoms with Crippen LogP contribution in [0.5, 0.6) is 0 Å². The summed E-state index contributed by atoms with van der Waals surface area (Å²) in [7, 11) is 0. The molecule has 0 aromatic heterocycles. The molecular formula is C12H12BrClN2O. The van der Waals surface area contributed by atoms with Crippen LogP contribution in [-0.4, -0.2) is 10.7 Å². The van der Waals surface area contributed by atoms with Crippen LogP contribution in [0.2, 0.25) is 5.02 Å². The lowest BCUT2D eigenvalue weighted by atomic mass is 10.1. The summed E-state index contributed by atoms with van der Waals surface area (Å²) in [5.41, 5.74) is 0.980. The highest BCUT2D eigenvalue weighted by molar-refractivity contribution is 9.10. The van der Waals surface area contributed by atoms with Crippen molar-refractivity contribution in [2.45, 2.75) is 18.7 Å². The average molecular weight is 316 g/mol. The summed E-state index contributed by atoms with van der Waals surface area (Å²) in [5.74, 6) is 0.0405. The summed E-state index contributed by atoms with van der Waals surface area (Å²) in [6.07, 6.45) is 0. The van der Waals surface area contributed by atoms with Gasteiger partial charge in [0, 0.05) is 0 Å². The number of rotatable bonds is 3. The van der Waals surface area contributed by atoms with Crippen molar-refractivity contribution in [2.24, 2.45) is 5.92 Å². The Morgan fingerprint density at radius 2 is 2.18 bits per heavy atom. The van der Waals surface area contributed by atoms with Crippen molar-refractivity contribution in [3.05, 3.63) is 28.8 Å². The number of amides is 1. The molecule has 0 spiro atoms. The first kappa shape index (κ1) is 14.0. The number of carbonyl (C=O) groups excluding carboxylic acids is 1. The highest BCUT2D eigenvalue weighted by Crippen LogP contribution is 2.24. The van der Waals surface area contributed by atoms with Crippen LogP contribution < -0.4 is 5.32 Å². The minimum Gasteiger partial charge on any atom is -0.324 e. The van der Waals surface area contributed by atoms with E-state index >= 15 is 0 Å². The number of anilines is 1. The fourth-order valence-electron chi connectivity index (χ4n) is 1.19. The molecule has 0 heterocycles.